The molecule has 0 aliphatic heterocycles. The predicted octanol–water partition coefficient (Wildman–Crippen LogP) is 3.84. The summed E-state index contributed by atoms with van der Waals surface area (Å²) in [5.41, 5.74) is 2.78. The highest BCUT2D eigenvalue weighted by Crippen LogP contribution is 2.21. The van der Waals surface area contributed by atoms with E-state index in [1.54, 1.807) is 16.9 Å². The number of nitrogens with zero attached hydrogens (tertiary/aromatic N) is 3. The van der Waals surface area contributed by atoms with Gasteiger partial charge in [-0.3, -0.25) is 9.48 Å². The number of carbonyl (C=O) groups is 1. The first-order valence-electron chi connectivity index (χ1n) is 8.18. The third-order valence-electron chi connectivity index (χ3n) is 3.96. The molecule has 0 fully saturated rings. The zero-order valence-corrected chi connectivity index (χ0v) is 13.9. The van der Waals surface area contributed by atoms with Gasteiger partial charge >= 0.3 is 0 Å². The van der Waals surface area contributed by atoms with E-state index in [2.05, 4.69) is 15.6 Å². The highest BCUT2D eigenvalue weighted by atomic mass is 16.5. The first-order chi connectivity index (χ1) is 12.8. The zero-order valence-electron chi connectivity index (χ0n) is 13.9. The lowest BCUT2D eigenvalue weighted by atomic mass is 10.1. The van der Waals surface area contributed by atoms with Crippen LogP contribution in [0.2, 0.25) is 0 Å². The van der Waals surface area contributed by atoms with Crippen molar-refractivity contribution >= 4 is 11.6 Å². The molecule has 0 radical (unpaired) electrons. The molecule has 0 saturated carbocycles. The molecule has 0 aliphatic carbocycles. The van der Waals surface area contributed by atoms with Gasteiger partial charge in [-0.2, -0.15) is 5.10 Å². The molecule has 4 aromatic rings. The molecule has 6 nitrogen and oxygen atoms in total. The molecule has 0 unspecified atom stereocenters. The molecule has 128 valence electrons. The third-order valence-corrected chi connectivity index (χ3v) is 3.96. The lowest BCUT2D eigenvalue weighted by Gasteiger charge is -2.10. The minimum Gasteiger partial charge on any atom is -0.355 e. The Morgan fingerprint density at radius 3 is 2.65 bits per heavy atom. The van der Waals surface area contributed by atoms with Crippen molar-refractivity contribution in [1.82, 2.24) is 14.9 Å². The van der Waals surface area contributed by atoms with Crippen molar-refractivity contribution in [2.45, 2.75) is 6.54 Å². The second kappa shape index (κ2) is 7.06. The molecule has 0 bridgehead atoms. The summed E-state index contributed by atoms with van der Waals surface area (Å²) in [6.45, 7) is 0.567. The van der Waals surface area contributed by atoms with E-state index >= 15 is 0 Å². The number of aromatic nitrogens is 3. The number of carbonyl (C=O) groups excluding carboxylic acids is 1. The molecule has 26 heavy (non-hydrogen) atoms. The summed E-state index contributed by atoms with van der Waals surface area (Å²) in [7, 11) is 0. The van der Waals surface area contributed by atoms with Crippen LogP contribution in [0.4, 0.5) is 5.69 Å². The molecule has 4 rings (SSSR count). The maximum atomic E-state index is 12.6. The number of nitrogens with one attached hydrogen (secondary N) is 1. The predicted molar refractivity (Wildman–Crippen MR) is 97.7 cm³/mol. The van der Waals surface area contributed by atoms with Crippen LogP contribution >= 0.6 is 0 Å². The van der Waals surface area contributed by atoms with E-state index in [1.807, 2.05) is 66.9 Å². The van der Waals surface area contributed by atoms with Crippen LogP contribution in [0.1, 0.15) is 16.1 Å². The topological polar surface area (TPSA) is 73.0 Å². The quantitative estimate of drug-likeness (QED) is 0.597. The number of benzene rings is 2. The van der Waals surface area contributed by atoms with Crippen LogP contribution in [0.25, 0.3) is 11.3 Å². The number of amides is 1. The number of anilines is 1. The monoisotopic (exact) mass is 344 g/mol. The van der Waals surface area contributed by atoms with Crippen molar-refractivity contribution in [3.05, 3.63) is 90.4 Å². The van der Waals surface area contributed by atoms with Crippen molar-refractivity contribution in [3.8, 4) is 11.3 Å². The molecule has 1 N–H and O–H groups in total. The van der Waals surface area contributed by atoms with Gasteiger partial charge in [-0.1, -0.05) is 53.7 Å². The normalized spacial score (nSPS) is 10.6. The summed E-state index contributed by atoms with van der Waals surface area (Å²) in [6, 6.07) is 20.7. The zero-order chi connectivity index (χ0) is 17.8. The van der Waals surface area contributed by atoms with Gasteiger partial charge in [0.2, 0.25) is 0 Å². The van der Waals surface area contributed by atoms with Crippen LogP contribution in [0.5, 0.6) is 0 Å². The molecule has 0 spiro atoms. The van der Waals surface area contributed by atoms with Gasteiger partial charge in [0.1, 0.15) is 0 Å². The van der Waals surface area contributed by atoms with Crippen molar-refractivity contribution in [2.24, 2.45) is 0 Å². The summed E-state index contributed by atoms with van der Waals surface area (Å²) < 4.78 is 7.10. The van der Waals surface area contributed by atoms with Gasteiger partial charge in [-0.25, -0.2) is 0 Å². The molecule has 2 aromatic heterocycles. The summed E-state index contributed by atoms with van der Waals surface area (Å²) in [5, 5.41) is 11.0. The van der Waals surface area contributed by atoms with E-state index in [0.29, 0.717) is 12.3 Å². The van der Waals surface area contributed by atoms with Gasteiger partial charge in [0.25, 0.3) is 5.91 Å². The van der Waals surface area contributed by atoms with Crippen LogP contribution in [0.15, 0.2) is 83.6 Å². The van der Waals surface area contributed by atoms with E-state index in [0.717, 1.165) is 16.8 Å². The van der Waals surface area contributed by atoms with Crippen LogP contribution in [-0.2, 0) is 6.54 Å². The Balaban J connectivity index is 1.53. The Morgan fingerprint density at radius 2 is 1.85 bits per heavy atom. The highest BCUT2D eigenvalue weighted by molar-refractivity contribution is 6.03. The molecule has 2 aromatic carbocycles. The van der Waals surface area contributed by atoms with E-state index in [4.69, 9.17) is 4.52 Å². The average Bonchev–Trinajstić information content (AvgIpc) is 3.36. The van der Waals surface area contributed by atoms with Gasteiger partial charge in [-0.15, -0.1) is 0 Å². The number of rotatable bonds is 5. The first kappa shape index (κ1) is 15.8. The Labute approximate surface area is 150 Å². The molecular weight excluding hydrogens is 328 g/mol. The maximum absolute atomic E-state index is 12.6. The van der Waals surface area contributed by atoms with E-state index in [-0.39, 0.29) is 11.6 Å². The standard InChI is InChI=1S/C20H16N4O2/c25-20(18-13-19(26-23-18)15-7-2-1-3-8-15)22-17-10-5-4-9-16(17)14-24-12-6-11-21-24/h1-13H,14H2,(H,22,25). The molecular formula is C20H16N4O2. The molecule has 2 heterocycles. The molecule has 1 amide bonds. The molecule has 0 saturated heterocycles. The van der Waals surface area contributed by atoms with Crippen molar-refractivity contribution in [1.29, 1.82) is 0 Å². The fourth-order valence-corrected chi connectivity index (χ4v) is 2.66. The second-order valence-corrected chi connectivity index (χ2v) is 5.76. The van der Waals surface area contributed by atoms with Crippen LogP contribution in [0, 0.1) is 0 Å². The molecule has 6 heteroatoms. The average molecular weight is 344 g/mol. The van der Waals surface area contributed by atoms with Gasteiger partial charge < -0.3 is 9.84 Å². The summed E-state index contributed by atoms with van der Waals surface area (Å²) >= 11 is 0. The van der Waals surface area contributed by atoms with Gasteiger partial charge in [-0.05, 0) is 17.7 Å². The maximum Gasteiger partial charge on any atom is 0.277 e. The van der Waals surface area contributed by atoms with Crippen LogP contribution in [0.3, 0.4) is 0 Å². The second-order valence-electron chi connectivity index (χ2n) is 5.76. The Hall–Kier alpha value is -3.67. The number of hydrogen-bond acceptors (Lipinski definition) is 4. The summed E-state index contributed by atoms with van der Waals surface area (Å²) in [4.78, 5) is 12.6. The van der Waals surface area contributed by atoms with E-state index in [1.165, 1.54) is 0 Å². The summed E-state index contributed by atoms with van der Waals surface area (Å²) in [6.07, 6.45) is 3.60. The van der Waals surface area contributed by atoms with Crippen molar-refractivity contribution in [3.63, 3.8) is 0 Å². The van der Waals surface area contributed by atoms with Crippen LogP contribution < -0.4 is 5.32 Å². The Kier molecular flexibility index (Phi) is 4.30. The summed E-state index contributed by atoms with van der Waals surface area (Å²) in [5.74, 6) is 0.240. The highest BCUT2D eigenvalue weighted by Gasteiger charge is 2.15. The van der Waals surface area contributed by atoms with Gasteiger partial charge in [0, 0.05) is 29.7 Å². The van der Waals surface area contributed by atoms with E-state index in [9.17, 15) is 4.79 Å². The molecule has 0 atom stereocenters. The van der Waals surface area contributed by atoms with Crippen molar-refractivity contribution < 1.29 is 9.32 Å². The largest absolute Gasteiger partial charge is 0.355 e. The third kappa shape index (κ3) is 3.39. The number of para-hydroxylation sites is 1. The Bertz CT molecular complexity index is 1010. The Morgan fingerprint density at radius 1 is 1.04 bits per heavy atom. The minimum absolute atomic E-state index is 0.234. The van der Waals surface area contributed by atoms with Crippen molar-refractivity contribution in [2.75, 3.05) is 5.32 Å². The lowest BCUT2D eigenvalue weighted by Crippen LogP contribution is -2.14. The van der Waals surface area contributed by atoms with Crippen LogP contribution in [-0.4, -0.2) is 20.8 Å². The minimum atomic E-state index is -0.316. The fourth-order valence-electron chi connectivity index (χ4n) is 2.66. The van der Waals surface area contributed by atoms with E-state index < -0.39 is 0 Å². The first-order valence-corrected chi connectivity index (χ1v) is 8.18. The lowest BCUT2D eigenvalue weighted by molar-refractivity contribution is 0.101. The molecule has 0 aliphatic rings. The number of hydrogen-bond donors (Lipinski definition) is 1. The van der Waals surface area contributed by atoms with Gasteiger partial charge in [0.05, 0.1) is 6.54 Å². The smallest absolute Gasteiger partial charge is 0.277 e. The van der Waals surface area contributed by atoms with Gasteiger partial charge in [0.15, 0.2) is 11.5 Å². The fraction of sp³-hybridized carbons (Fsp3) is 0.0500. The SMILES string of the molecule is O=C(Nc1ccccc1Cn1cccn1)c1cc(-c2ccccc2)on1.